The molecule has 0 fully saturated rings. The van der Waals surface area contributed by atoms with E-state index in [2.05, 4.69) is 16.5 Å². The summed E-state index contributed by atoms with van der Waals surface area (Å²) in [6.45, 7) is 4.13. The van der Waals surface area contributed by atoms with Crippen LogP contribution in [-0.4, -0.2) is 45.4 Å². The number of aromatic amines is 1. The van der Waals surface area contributed by atoms with Gasteiger partial charge < -0.3 is 15.0 Å². The third-order valence-corrected chi connectivity index (χ3v) is 2.30. The molecule has 6 heteroatoms. The minimum Gasteiger partial charge on any atom is -0.477 e. The summed E-state index contributed by atoms with van der Waals surface area (Å²) in [6.07, 6.45) is 4.58. The van der Waals surface area contributed by atoms with Gasteiger partial charge in [-0.05, 0) is 12.8 Å². The highest BCUT2D eigenvalue weighted by Gasteiger charge is 2.22. The number of nitrogens with zero attached hydrogens (tertiary/aromatic N) is 2. The molecule has 0 saturated carbocycles. The van der Waals surface area contributed by atoms with E-state index in [-0.39, 0.29) is 11.4 Å². The van der Waals surface area contributed by atoms with Crippen LogP contribution in [0.3, 0.4) is 0 Å². The van der Waals surface area contributed by atoms with Gasteiger partial charge >= 0.3 is 5.97 Å². The molecule has 2 N–H and O–H groups in total. The van der Waals surface area contributed by atoms with E-state index in [0.717, 1.165) is 12.8 Å². The zero-order valence-corrected chi connectivity index (χ0v) is 9.64. The summed E-state index contributed by atoms with van der Waals surface area (Å²) < 4.78 is 0. The van der Waals surface area contributed by atoms with Crippen LogP contribution in [0.4, 0.5) is 0 Å². The lowest BCUT2D eigenvalue weighted by molar-refractivity contribution is 0.0675. The number of imidazole rings is 1. The Labute approximate surface area is 99.0 Å². The summed E-state index contributed by atoms with van der Waals surface area (Å²) in [4.78, 5) is 30.3. The van der Waals surface area contributed by atoms with E-state index < -0.39 is 11.9 Å². The number of carboxylic acid groups (broad SMARTS) is 1. The number of H-pyrrole nitrogens is 1. The lowest BCUT2D eigenvalue weighted by Gasteiger charge is -2.15. The molecule has 0 saturated heterocycles. The number of unbranched alkanes of at least 4 members (excludes halogenated alkanes) is 1. The zero-order valence-electron chi connectivity index (χ0n) is 9.64. The fraction of sp³-hybridized carbons (Fsp3) is 0.364. The second kappa shape index (κ2) is 5.83. The number of aromatic carboxylic acids is 1. The molecule has 0 aliphatic carbocycles. The van der Waals surface area contributed by atoms with Crippen molar-refractivity contribution in [3.05, 3.63) is 30.4 Å². The topological polar surface area (TPSA) is 86.3 Å². The summed E-state index contributed by atoms with van der Waals surface area (Å²) in [5, 5.41) is 8.84. The average molecular weight is 237 g/mol. The lowest BCUT2D eigenvalue weighted by atomic mass is 10.2. The number of amides is 1. The first-order chi connectivity index (χ1) is 8.07. The molecule has 1 aromatic rings. The molecule has 0 aromatic carbocycles. The van der Waals surface area contributed by atoms with Crippen molar-refractivity contribution in [1.82, 2.24) is 14.9 Å². The van der Waals surface area contributed by atoms with E-state index in [4.69, 9.17) is 5.11 Å². The van der Waals surface area contributed by atoms with Gasteiger partial charge in [-0.25, -0.2) is 9.78 Å². The fourth-order valence-electron chi connectivity index (χ4n) is 1.37. The van der Waals surface area contributed by atoms with Crippen LogP contribution in [0, 0.1) is 0 Å². The van der Waals surface area contributed by atoms with Crippen LogP contribution in [0.1, 0.15) is 33.8 Å². The van der Waals surface area contributed by atoms with Crippen molar-refractivity contribution in [2.75, 3.05) is 13.6 Å². The van der Waals surface area contributed by atoms with Gasteiger partial charge in [0.15, 0.2) is 11.4 Å². The van der Waals surface area contributed by atoms with Crippen molar-refractivity contribution in [3.8, 4) is 0 Å². The number of hydrogen-bond donors (Lipinski definition) is 2. The van der Waals surface area contributed by atoms with E-state index in [0.29, 0.717) is 6.54 Å². The maximum atomic E-state index is 11.9. The quantitative estimate of drug-likeness (QED) is 0.574. The molecule has 17 heavy (non-hydrogen) atoms. The van der Waals surface area contributed by atoms with Crippen molar-refractivity contribution < 1.29 is 14.7 Å². The molecule has 1 heterocycles. The summed E-state index contributed by atoms with van der Waals surface area (Å²) in [7, 11) is 1.62. The van der Waals surface area contributed by atoms with Crippen LogP contribution in [0.25, 0.3) is 0 Å². The molecule has 0 atom stereocenters. The van der Waals surface area contributed by atoms with Crippen LogP contribution in [0.5, 0.6) is 0 Å². The van der Waals surface area contributed by atoms with Gasteiger partial charge in [0, 0.05) is 13.6 Å². The number of aromatic nitrogens is 2. The van der Waals surface area contributed by atoms with Crippen molar-refractivity contribution in [2.24, 2.45) is 0 Å². The minimum absolute atomic E-state index is 0.0568. The standard InChI is InChI=1S/C11H15N3O3/c1-3-4-5-6-14(2)10(15)8-9(11(16)17)13-7-12-8/h3,7H,1,4-6H2,2H3,(H,12,13)(H,16,17). The minimum atomic E-state index is -1.19. The van der Waals surface area contributed by atoms with Crippen LogP contribution >= 0.6 is 0 Å². The maximum absolute atomic E-state index is 11.9. The lowest BCUT2D eigenvalue weighted by Crippen LogP contribution is -2.29. The molecule has 92 valence electrons. The molecule has 6 nitrogen and oxygen atoms in total. The third-order valence-electron chi connectivity index (χ3n) is 2.30. The van der Waals surface area contributed by atoms with E-state index in [1.54, 1.807) is 13.1 Å². The number of carbonyl (C=O) groups is 2. The highest BCUT2D eigenvalue weighted by molar-refractivity contribution is 6.02. The summed E-state index contributed by atoms with van der Waals surface area (Å²) >= 11 is 0. The Morgan fingerprint density at radius 1 is 1.65 bits per heavy atom. The Bertz CT molecular complexity index is 425. The second-order valence-electron chi connectivity index (χ2n) is 3.59. The number of rotatable bonds is 6. The Hall–Kier alpha value is -2.11. The average Bonchev–Trinajstić information content (AvgIpc) is 2.77. The first-order valence-corrected chi connectivity index (χ1v) is 5.21. The predicted octanol–water partition coefficient (Wildman–Crippen LogP) is 1.15. The highest BCUT2D eigenvalue weighted by Crippen LogP contribution is 2.07. The van der Waals surface area contributed by atoms with E-state index in [1.165, 1.54) is 11.2 Å². The predicted molar refractivity (Wildman–Crippen MR) is 61.9 cm³/mol. The maximum Gasteiger partial charge on any atom is 0.354 e. The van der Waals surface area contributed by atoms with Gasteiger partial charge in [0.1, 0.15) is 0 Å². The smallest absolute Gasteiger partial charge is 0.354 e. The monoisotopic (exact) mass is 237 g/mol. The fourth-order valence-corrected chi connectivity index (χ4v) is 1.37. The van der Waals surface area contributed by atoms with Gasteiger partial charge in [-0.1, -0.05) is 6.08 Å². The number of hydrogen-bond acceptors (Lipinski definition) is 3. The molecule has 0 bridgehead atoms. The van der Waals surface area contributed by atoms with Gasteiger partial charge in [-0.2, -0.15) is 0 Å². The SMILES string of the molecule is C=CCCCN(C)C(=O)c1nc[nH]c1C(=O)O. The first kappa shape index (κ1) is 13.0. The van der Waals surface area contributed by atoms with Gasteiger partial charge in [0.05, 0.1) is 6.33 Å². The van der Waals surface area contributed by atoms with Gasteiger partial charge in [0.2, 0.25) is 0 Å². The molecule has 0 aliphatic heterocycles. The van der Waals surface area contributed by atoms with E-state index >= 15 is 0 Å². The Kier molecular flexibility index (Phi) is 4.45. The molecule has 1 rings (SSSR count). The van der Waals surface area contributed by atoms with Crippen molar-refractivity contribution in [1.29, 1.82) is 0 Å². The normalized spacial score (nSPS) is 9.94. The van der Waals surface area contributed by atoms with Crippen molar-refractivity contribution >= 4 is 11.9 Å². The van der Waals surface area contributed by atoms with Crippen LogP contribution in [0.2, 0.25) is 0 Å². The highest BCUT2D eigenvalue weighted by atomic mass is 16.4. The molecule has 0 aliphatic rings. The van der Waals surface area contributed by atoms with Gasteiger partial charge in [-0.15, -0.1) is 6.58 Å². The van der Waals surface area contributed by atoms with Gasteiger partial charge in [0.25, 0.3) is 5.91 Å². The molecular weight excluding hydrogens is 222 g/mol. The second-order valence-corrected chi connectivity index (χ2v) is 3.59. The zero-order chi connectivity index (χ0) is 12.8. The van der Waals surface area contributed by atoms with Crippen LogP contribution in [-0.2, 0) is 0 Å². The summed E-state index contributed by atoms with van der Waals surface area (Å²) in [6, 6.07) is 0. The van der Waals surface area contributed by atoms with E-state index in [9.17, 15) is 9.59 Å². The summed E-state index contributed by atoms with van der Waals surface area (Å²) in [5.41, 5.74) is -0.232. The van der Waals surface area contributed by atoms with E-state index in [1.807, 2.05) is 0 Å². The number of carboxylic acids is 1. The number of nitrogens with one attached hydrogen (secondary N) is 1. The first-order valence-electron chi connectivity index (χ1n) is 5.21. The Morgan fingerprint density at radius 2 is 2.35 bits per heavy atom. The van der Waals surface area contributed by atoms with Crippen LogP contribution in [0.15, 0.2) is 19.0 Å². The van der Waals surface area contributed by atoms with Gasteiger partial charge in [-0.3, -0.25) is 4.79 Å². The third kappa shape index (κ3) is 3.17. The molecule has 1 amide bonds. The number of carbonyl (C=O) groups excluding carboxylic acids is 1. The summed E-state index contributed by atoms with van der Waals surface area (Å²) in [5.74, 6) is -1.59. The molecule has 0 spiro atoms. The molecule has 0 unspecified atom stereocenters. The van der Waals surface area contributed by atoms with Crippen molar-refractivity contribution in [2.45, 2.75) is 12.8 Å². The Balaban J connectivity index is 2.71. The largest absolute Gasteiger partial charge is 0.477 e. The Morgan fingerprint density at radius 3 is 2.94 bits per heavy atom. The molecule has 0 radical (unpaired) electrons. The molecular formula is C11H15N3O3. The van der Waals surface area contributed by atoms with Crippen LogP contribution < -0.4 is 0 Å². The van der Waals surface area contributed by atoms with Crippen molar-refractivity contribution in [3.63, 3.8) is 0 Å². The molecule has 1 aromatic heterocycles. The number of allylic oxidation sites excluding steroid dienone is 1.